The summed E-state index contributed by atoms with van der Waals surface area (Å²) >= 11 is 0. The monoisotopic (exact) mass is 311 g/mol. The molecular weight excluding hydrogens is 286 g/mol. The molecule has 6 heteroatoms. The number of anilines is 1. The van der Waals surface area contributed by atoms with Crippen LogP contribution in [-0.2, 0) is 10.0 Å². The zero-order chi connectivity index (χ0) is 15.3. The zero-order valence-electron chi connectivity index (χ0n) is 12.9. The second kappa shape index (κ2) is 7.22. The number of aromatic nitrogens is 1. The van der Waals surface area contributed by atoms with E-state index in [1.54, 1.807) is 16.6 Å². The number of sulfonamides is 1. The predicted molar refractivity (Wildman–Crippen MR) is 84.8 cm³/mol. The Balaban J connectivity index is 2.33. The van der Waals surface area contributed by atoms with Crippen molar-refractivity contribution in [1.29, 1.82) is 0 Å². The summed E-state index contributed by atoms with van der Waals surface area (Å²) in [5, 5.41) is 3.19. The molecule has 0 spiro atoms. The van der Waals surface area contributed by atoms with Crippen LogP contribution in [0.3, 0.4) is 0 Å². The Morgan fingerprint density at radius 2 is 2.05 bits per heavy atom. The number of nitrogens with zero attached hydrogens (tertiary/aromatic N) is 2. The molecule has 1 aliphatic rings. The lowest BCUT2D eigenvalue weighted by molar-refractivity contribution is 0.335. The molecule has 0 aromatic carbocycles. The van der Waals surface area contributed by atoms with Gasteiger partial charge in [0, 0.05) is 31.5 Å². The highest BCUT2D eigenvalue weighted by molar-refractivity contribution is 7.89. The van der Waals surface area contributed by atoms with Crippen molar-refractivity contribution in [1.82, 2.24) is 9.29 Å². The molecule has 1 aromatic heterocycles. The predicted octanol–water partition coefficient (Wildman–Crippen LogP) is 2.86. The maximum Gasteiger partial charge on any atom is 0.246 e. The maximum absolute atomic E-state index is 13.0. The molecule has 1 aromatic rings. The summed E-state index contributed by atoms with van der Waals surface area (Å²) in [6.45, 7) is 5.22. The lowest BCUT2D eigenvalue weighted by atomic mass is 10.2. The summed E-state index contributed by atoms with van der Waals surface area (Å²) in [5.74, 6) is 0. The van der Waals surface area contributed by atoms with Crippen LogP contribution in [0.2, 0.25) is 0 Å². The minimum absolute atomic E-state index is 0.138. The van der Waals surface area contributed by atoms with Crippen LogP contribution in [0.1, 0.15) is 46.0 Å². The number of rotatable bonds is 7. The molecule has 1 heterocycles. The second-order valence-electron chi connectivity index (χ2n) is 5.45. The number of pyridine rings is 1. The molecule has 118 valence electrons. The van der Waals surface area contributed by atoms with Crippen molar-refractivity contribution in [3.8, 4) is 0 Å². The van der Waals surface area contributed by atoms with Gasteiger partial charge in [-0.15, -0.1) is 0 Å². The molecule has 0 amide bonds. The quantitative estimate of drug-likeness (QED) is 0.841. The molecule has 0 saturated heterocycles. The summed E-state index contributed by atoms with van der Waals surface area (Å²) in [4.78, 5) is 4.32. The van der Waals surface area contributed by atoms with E-state index in [9.17, 15) is 8.42 Å². The van der Waals surface area contributed by atoms with Gasteiger partial charge in [0.25, 0.3) is 0 Å². The van der Waals surface area contributed by atoms with Crippen LogP contribution in [0.5, 0.6) is 0 Å². The van der Waals surface area contributed by atoms with Crippen molar-refractivity contribution in [3.63, 3.8) is 0 Å². The van der Waals surface area contributed by atoms with E-state index in [0.717, 1.165) is 38.6 Å². The summed E-state index contributed by atoms with van der Waals surface area (Å²) in [6, 6.07) is 1.88. The van der Waals surface area contributed by atoms with Crippen LogP contribution in [0, 0.1) is 0 Å². The van der Waals surface area contributed by atoms with Crippen molar-refractivity contribution in [2.75, 3.05) is 18.4 Å². The Hall–Kier alpha value is -1.14. The SMILES string of the molecule is CCCNc1ccncc1S(=O)(=O)N(CC)C1CCCC1. The van der Waals surface area contributed by atoms with Gasteiger partial charge in [0.15, 0.2) is 0 Å². The van der Waals surface area contributed by atoms with Gasteiger partial charge in [0.2, 0.25) is 10.0 Å². The lowest BCUT2D eigenvalue weighted by Gasteiger charge is -2.27. The van der Waals surface area contributed by atoms with Crippen molar-refractivity contribution in [3.05, 3.63) is 18.5 Å². The Labute approximate surface area is 127 Å². The third kappa shape index (κ3) is 3.55. The molecular formula is C15H25N3O2S. The number of nitrogens with one attached hydrogen (secondary N) is 1. The van der Waals surface area contributed by atoms with Gasteiger partial charge in [-0.3, -0.25) is 4.98 Å². The van der Waals surface area contributed by atoms with Gasteiger partial charge in [-0.25, -0.2) is 8.42 Å². The normalized spacial score (nSPS) is 16.5. The van der Waals surface area contributed by atoms with E-state index >= 15 is 0 Å². The fourth-order valence-electron chi connectivity index (χ4n) is 2.93. The number of hydrogen-bond donors (Lipinski definition) is 1. The van der Waals surface area contributed by atoms with Gasteiger partial charge in [0.05, 0.1) is 5.69 Å². The van der Waals surface area contributed by atoms with Crippen molar-refractivity contribution in [2.45, 2.75) is 56.9 Å². The summed E-state index contributed by atoms with van der Waals surface area (Å²) in [6.07, 6.45) is 8.20. The minimum atomic E-state index is -3.49. The van der Waals surface area contributed by atoms with E-state index in [0.29, 0.717) is 17.1 Å². The van der Waals surface area contributed by atoms with Crippen LogP contribution in [0.4, 0.5) is 5.69 Å². The van der Waals surface area contributed by atoms with Crippen molar-refractivity contribution in [2.24, 2.45) is 0 Å². The van der Waals surface area contributed by atoms with Crippen LogP contribution in [-0.4, -0.2) is 36.8 Å². The first-order valence-corrected chi connectivity index (χ1v) is 9.25. The first-order chi connectivity index (χ1) is 10.1. The molecule has 1 N–H and O–H groups in total. The van der Waals surface area contributed by atoms with Crippen LogP contribution < -0.4 is 5.32 Å². The van der Waals surface area contributed by atoms with Crippen molar-refractivity contribution < 1.29 is 8.42 Å². The molecule has 1 fully saturated rings. The third-order valence-electron chi connectivity index (χ3n) is 3.98. The standard InChI is InChI=1S/C15H25N3O2S/c1-3-10-17-14-9-11-16-12-15(14)21(19,20)18(4-2)13-7-5-6-8-13/h9,11-13H,3-8,10H2,1-2H3,(H,16,17). The third-order valence-corrected chi connectivity index (χ3v) is 6.04. The highest BCUT2D eigenvalue weighted by Gasteiger charge is 2.33. The average molecular weight is 311 g/mol. The largest absolute Gasteiger partial charge is 0.384 e. The fraction of sp³-hybridized carbons (Fsp3) is 0.667. The first-order valence-electron chi connectivity index (χ1n) is 7.81. The molecule has 1 saturated carbocycles. The molecule has 0 unspecified atom stereocenters. The summed E-state index contributed by atoms with van der Waals surface area (Å²) in [5.41, 5.74) is 0.656. The van der Waals surface area contributed by atoms with E-state index in [1.807, 2.05) is 6.92 Å². The van der Waals surface area contributed by atoms with Crippen LogP contribution in [0.15, 0.2) is 23.4 Å². The average Bonchev–Trinajstić information content (AvgIpc) is 2.99. The zero-order valence-corrected chi connectivity index (χ0v) is 13.7. The van der Waals surface area contributed by atoms with E-state index in [4.69, 9.17) is 0 Å². The molecule has 0 bridgehead atoms. The Morgan fingerprint density at radius 3 is 2.67 bits per heavy atom. The van der Waals surface area contributed by atoms with Gasteiger partial charge >= 0.3 is 0 Å². The maximum atomic E-state index is 13.0. The van der Waals surface area contributed by atoms with E-state index in [1.165, 1.54) is 6.20 Å². The molecule has 5 nitrogen and oxygen atoms in total. The molecule has 21 heavy (non-hydrogen) atoms. The van der Waals surface area contributed by atoms with Gasteiger partial charge in [0.1, 0.15) is 4.90 Å². The highest BCUT2D eigenvalue weighted by atomic mass is 32.2. The van der Waals surface area contributed by atoms with Gasteiger partial charge in [-0.05, 0) is 25.3 Å². The van der Waals surface area contributed by atoms with Gasteiger partial charge in [-0.1, -0.05) is 26.7 Å². The summed E-state index contributed by atoms with van der Waals surface area (Å²) in [7, 11) is -3.49. The van der Waals surface area contributed by atoms with Gasteiger partial charge in [-0.2, -0.15) is 4.31 Å². The van der Waals surface area contributed by atoms with Crippen molar-refractivity contribution >= 4 is 15.7 Å². The van der Waals surface area contributed by atoms with Crippen LogP contribution >= 0.6 is 0 Å². The Morgan fingerprint density at radius 1 is 1.33 bits per heavy atom. The lowest BCUT2D eigenvalue weighted by Crippen LogP contribution is -2.38. The molecule has 0 aliphatic heterocycles. The molecule has 0 radical (unpaired) electrons. The van der Waals surface area contributed by atoms with Crippen LogP contribution in [0.25, 0.3) is 0 Å². The number of hydrogen-bond acceptors (Lipinski definition) is 4. The minimum Gasteiger partial charge on any atom is -0.384 e. The topological polar surface area (TPSA) is 62.3 Å². The molecule has 1 aliphatic carbocycles. The van der Waals surface area contributed by atoms with E-state index in [2.05, 4.69) is 17.2 Å². The smallest absolute Gasteiger partial charge is 0.246 e. The molecule has 0 atom stereocenters. The Kier molecular flexibility index (Phi) is 5.58. The van der Waals surface area contributed by atoms with E-state index in [-0.39, 0.29) is 6.04 Å². The summed E-state index contributed by atoms with van der Waals surface area (Å²) < 4.78 is 27.6. The Bertz CT molecular complexity index is 554. The van der Waals surface area contributed by atoms with E-state index < -0.39 is 10.0 Å². The second-order valence-corrected chi connectivity index (χ2v) is 7.30. The first kappa shape index (κ1) is 16.2. The fourth-order valence-corrected chi connectivity index (χ4v) is 4.74. The molecule has 2 rings (SSSR count). The highest BCUT2D eigenvalue weighted by Crippen LogP contribution is 2.30. The van der Waals surface area contributed by atoms with Gasteiger partial charge < -0.3 is 5.32 Å².